The van der Waals surface area contributed by atoms with E-state index in [9.17, 15) is 22.7 Å². The molecule has 0 unspecified atom stereocenters. The number of alkyl halides is 3. The number of piperidine rings is 1. The molecule has 1 N–H and O–H groups in total. The van der Waals surface area contributed by atoms with Gasteiger partial charge in [-0.2, -0.15) is 13.2 Å². The van der Waals surface area contributed by atoms with E-state index in [4.69, 9.17) is 0 Å². The Morgan fingerprint density at radius 1 is 1.38 bits per heavy atom. The molecule has 0 radical (unpaired) electrons. The summed E-state index contributed by atoms with van der Waals surface area (Å²) in [5.41, 5.74) is -1.47. The molecule has 21 heavy (non-hydrogen) atoms. The Bertz CT molecular complexity index is 513. The fraction of sp³-hybridized carbons (Fsp3) is 0.600. The Labute approximate surface area is 121 Å². The first-order valence-corrected chi connectivity index (χ1v) is 6.90. The van der Waals surface area contributed by atoms with Crippen molar-refractivity contribution < 1.29 is 22.7 Å². The van der Waals surface area contributed by atoms with Crippen molar-refractivity contribution in [1.82, 2.24) is 4.90 Å². The van der Waals surface area contributed by atoms with Crippen LogP contribution in [0.2, 0.25) is 0 Å². The highest BCUT2D eigenvalue weighted by Crippen LogP contribution is 2.31. The van der Waals surface area contributed by atoms with Gasteiger partial charge in [0.1, 0.15) is 5.82 Å². The largest absolute Gasteiger partial charge is 0.416 e. The third-order valence-electron chi connectivity index (χ3n) is 4.30. The Balaban J connectivity index is 2.08. The normalized spacial score (nSPS) is 27.9. The zero-order valence-corrected chi connectivity index (χ0v) is 12.0. The van der Waals surface area contributed by atoms with Gasteiger partial charge in [-0.25, -0.2) is 4.39 Å². The van der Waals surface area contributed by atoms with Crippen molar-refractivity contribution in [3.63, 3.8) is 0 Å². The number of halogens is 4. The van der Waals surface area contributed by atoms with Gasteiger partial charge in [0.15, 0.2) is 0 Å². The quantitative estimate of drug-likeness (QED) is 0.846. The van der Waals surface area contributed by atoms with Crippen LogP contribution in [0, 0.1) is 11.7 Å². The van der Waals surface area contributed by atoms with E-state index < -0.39 is 23.2 Å². The van der Waals surface area contributed by atoms with Crippen LogP contribution in [0.25, 0.3) is 0 Å². The van der Waals surface area contributed by atoms with Gasteiger partial charge in [0.25, 0.3) is 0 Å². The molecule has 1 fully saturated rings. The molecule has 2 nitrogen and oxygen atoms in total. The maximum Gasteiger partial charge on any atom is 0.416 e. The minimum Gasteiger partial charge on any atom is -0.390 e. The first kappa shape index (κ1) is 16.2. The van der Waals surface area contributed by atoms with Gasteiger partial charge in [-0.1, -0.05) is 13.0 Å². The number of likely N-dealkylation sites (tertiary alicyclic amines) is 1. The van der Waals surface area contributed by atoms with Gasteiger partial charge in [-0.3, -0.25) is 4.90 Å². The van der Waals surface area contributed by atoms with Crippen LogP contribution in [-0.4, -0.2) is 28.7 Å². The Kier molecular flexibility index (Phi) is 4.31. The Hall–Kier alpha value is -1.14. The summed E-state index contributed by atoms with van der Waals surface area (Å²) in [5.74, 6) is -0.807. The number of hydrogen-bond acceptors (Lipinski definition) is 2. The second-order valence-electron chi connectivity index (χ2n) is 6.05. The van der Waals surface area contributed by atoms with E-state index in [0.29, 0.717) is 25.6 Å². The second-order valence-corrected chi connectivity index (χ2v) is 6.05. The standard InChI is InChI=1S/C15H19F4NO/c1-10-8-20(6-5-14(10,2)21)9-11-3-4-12(7-13(11)16)15(17,18)19/h3-4,7,10,21H,5-6,8-9H2,1-2H3/t10-,14+/m1/s1. The maximum atomic E-state index is 13.8. The molecule has 1 aliphatic rings. The summed E-state index contributed by atoms with van der Waals surface area (Å²) < 4.78 is 51.3. The SMILES string of the molecule is C[C@@H]1CN(Cc2ccc(C(F)(F)F)cc2F)CC[C@]1(C)O. The molecule has 1 saturated heterocycles. The van der Waals surface area contributed by atoms with E-state index in [1.807, 2.05) is 11.8 Å². The lowest BCUT2D eigenvalue weighted by Crippen LogP contribution is -2.48. The topological polar surface area (TPSA) is 23.5 Å². The second kappa shape index (κ2) is 5.57. The first-order chi connectivity index (χ1) is 9.59. The minimum absolute atomic E-state index is 0.0313. The molecule has 0 spiro atoms. The zero-order valence-electron chi connectivity index (χ0n) is 12.0. The summed E-state index contributed by atoms with van der Waals surface area (Å²) in [6.45, 7) is 5.12. The Morgan fingerprint density at radius 3 is 2.57 bits per heavy atom. The molecule has 0 bridgehead atoms. The summed E-state index contributed by atoms with van der Waals surface area (Å²) >= 11 is 0. The van der Waals surface area contributed by atoms with Crippen molar-refractivity contribution in [2.45, 2.75) is 38.6 Å². The number of benzene rings is 1. The minimum atomic E-state index is -4.53. The fourth-order valence-electron chi connectivity index (χ4n) is 2.54. The van der Waals surface area contributed by atoms with Crippen LogP contribution in [0.3, 0.4) is 0 Å². The predicted octanol–water partition coefficient (Wildman–Crippen LogP) is 3.44. The highest BCUT2D eigenvalue weighted by molar-refractivity contribution is 5.26. The van der Waals surface area contributed by atoms with Crippen LogP contribution >= 0.6 is 0 Å². The third-order valence-corrected chi connectivity index (χ3v) is 4.30. The highest BCUT2D eigenvalue weighted by Gasteiger charge is 2.35. The number of aliphatic hydroxyl groups is 1. The van der Waals surface area contributed by atoms with Crippen LogP contribution in [0.5, 0.6) is 0 Å². The lowest BCUT2D eigenvalue weighted by Gasteiger charge is -2.41. The van der Waals surface area contributed by atoms with E-state index in [0.717, 1.165) is 6.07 Å². The molecule has 2 rings (SSSR count). The van der Waals surface area contributed by atoms with E-state index in [2.05, 4.69) is 0 Å². The van der Waals surface area contributed by atoms with Crippen LogP contribution in [0.4, 0.5) is 17.6 Å². The van der Waals surface area contributed by atoms with Gasteiger partial charge in [0.05, 0.1) is 11.2 Å². The van der Waals surface area contributed by atoms with Crippen molar-refractivity contribution in [2.24, 2.45) is 5.92 Å². The van der Waals surface area contributed by atoms with Crippen molar-refractivity contribution in [1.29, 1.82) is 0 Å². The molecule has 1 heterocycles. The van der Waals surface area contributed by atoms with E-state index >= 15 is 0 Å². The van der Waals surface area contributed by atoms with Crippen LogP contribution in [0.15, 0.2) is 18.2 Å². The van der Waals surface area contributed by atoms with Crippen molar-refractivity contribution in [3.8, 4) is 0 Å². The summed E-state index contributed by atoms with van der Waals surface area (Å²) in [6.07, 6.45) is -3.96. The predicted molar refractivity (Wildman–Crippen MR) is 71.1 cm³/mol. The monoisotopic (exact) mass is 305 g/mol. The van der Waals surface area contributed by atoms with Crippen LogP contribution < -0.4 is 0 Å². The van der Waals surface area contributed by atoms with Crippen molar-refractivity contribution in [3.05, 3.63) is 35.1 Å². The van der Waals surface area contributed by atoms with E-state index in [1.165, 1.54) is 6.07 Å². The van der Waals surface area contributed by atoms with Crippen molar-refractivity contribution in [2.75, 3.05) is 13.1 Å². The highest BCUT2D eigenvalue weighted by atomic mass is 19.4. The van der Waals surface area contributed by atoms with Gasteiger partial charge in [0, 0.05) is 25.2 Å². The molecule has 0 aliphatic carbocycles. The maximum absolute atomic E-state index is 13.8. The lowest BCUT2D eigenvalue weighted by molar-refractivity contribution is -0.137. The number of rotatable bonds is 2. The fourth-order valence-corrected chi connectivity index (χ4v) is 2.54. The van der Waals surface area contributed by atoms with Gasteiger partial charge in [-0.05, 0) is 31.4 Å². The summed E-state index contributed by atoms with van der Waals surface area (Å²) in [7, 11) is 0. The van der Waals surface area contributed by atoms with Crippen LogP contribution in [0.1, 0.15) is 31.4 Å². The molecule has 1 aromatic carbocycles. The smallest absolute Gasteiger partial charge is 0.390 e. The van der Waals surface area contributed by atoms with E-state index in [1.54, 1.807) is 6.92 Å². The summed E-state index contributed by atoms with van der Waals surface area (Å²) in [6, 6.07) is 2.64. The zero-order chi connectivity index (χ0) is 15.8. The Morgan fingerprint density at radius 2 is 2.05 bits per heavy atom. The molecular weight excluding hydrogens is 286 g/mol. The molecule has 0 amide bonds. The number of hydrogen-bond donors (Lipinski definition) is 1. The van der Waals surface area contributed by atoms with Gasteiger partial charge < -0.3 is 5.11 Å². The van der Waals surface area contributed by atoms with Crippen LogP contribution in [-0.2, 0) is 12.7 Å². The third kappa shape index (κ3) is 3.74. The summed E-state index contributed by atoms with van der Waals surface area (Å²) in [4.78, 5) is 1.95. The first-order valence-electron chi connectivity index (χ1n) is 6.90. The molecule has 2 atom stereocenters. The van der Waals surface area contributed by atoms with E-state index in [-0.39, 0.29) is 18.0 Å². The van der Waals surface area contributed by atoms with Gasteiger partial charge in [-0.15, -0.1) is 0 Å². The van der Waals surface area contributed by atoms with Crippen molar-refractivity contribution >= 4 is 0 Å². The lowest BCUT2D eigenvalue weighted by atomic mass is 9.84. The molecule has 6 heteroatoms. The van der Waals surface area contributed by atoms with Gasteiger partial charge >= 0.3 is 6.18 Å². The van der Waals surface area contributed by atoms with Gasteiger partial charge in [0.2, 0.25) is 0 Å². The molecular formula is C15H19F4NO. The molecule has 0 saturated carbocycles. The average molecular weight is 305 g/mol. The number of nitrogens with zero attached hydrogens (tertiary/aromatic N) is 1. The average Bonchev–Trinajstić information content (AvgIpc) is 2.35. The molecule has 0 aromatic heterocycles. The molecule has 118 valence electrons. The summed E-state index contributed by atoms with van der Waals surface area (Å²) in [5, 5.41) is 10.1. The molecule has 1 aliphatic heterocycles. The molecule has 1 aromatic rings.